The molecule has 0 bridgehead atoms. The number of ether oxygens (including phenoxy) is 1. The molecule has 1 aromatic carbocycles. The highest BCUT2D eigenvalue weighted by Gasteiger charge is 2.37. The zero-order valence-corrected chi connectivity index (χ0v) is 18.3. The number of nitrogens with one attached hydrogen (secondary N) is 1. The Morgan fingerprint density at radius 2 is 1.89 bits per heavy atom. The Labute approximate surface area is 172 Å². The van der Waals surface area contributed by atoms with E-state index in [4.69, 9.17) is 4.74 Å². The highest BCUT2D eigenvalue weighted by atomic mass is 32.1. The van der Waals surface area contributed by atoms with Gasteiger partial charge in [-0.2, -0.15) is 0 Å². The average Bonchev–Trinajstić information content (AvgIpc) is 2.90. The van der Waals surface area contributed by atoms with Crippen LogP contribution in [0.3, 0.4) is 0 Å². The van der Waals surface area contributed by atoms with Crippen molar-refractivity contribution < 1.29 is 14.6 Å². The zero-order valence-electron chi connectivity index (χ0n) is 16.6. The number of benzene rings is 1. The van der Waals surface area contributed by atoms with Crippen molar-refractivity contribution in [3.8, 4) is 0 Å². The van der Waals surface area contributed by atoms with Crippen LogP contribution in [-0.2, 0) is 10.9 Å². The molecule has 150 valence electrons. The second-order valence-corrected chi connectivity index (χ2v) is 12.3. The van der Waals surface area contributed by atoms with Gasteiger partial charge < -0.3 is 15.2 Å². The Bertz CT molecular complexity index is 824. The summed E-state index contributed by atoms with van der Waals surface area (Å²) in [6.45, 7) is 1.93. The summed E-state index contributed by atoms with van der Waals surface area (Å²) in [4.78, 5) is 12.5. The summed E-state index contributed by atoms with van der Waals surface area (Å²) < 4.78 is 4.87. The lowest BCUT2D eigenvalue weighted by atomic mass is 10.2. The van der Waals surface area contributed by atoms with Crippen molar-refractivity contribution in [2.24, 2.45) is 0 Å². The number of methoxy groups -OCH3 is 1. The van der Waals surface area contributed by atoms with E-state index in [-0.39, 0.29) is 11.9 Å². The van der Waals surface area contributed by atoms with Crippen LogP contribution in [0.4, 0.5) is 5.69 Å². The normalized spacial score (nSPS) is 17.0. The smallest absolute Gasteiger partial charge is 0.350 e. The van der Waals surface area contributed by atoms with Gasteiger partial charge in [0, 0.05) is 7.26 Å². The van der Waals surface area contributed by atoms with Gasteiger partial charge >= 0.3 is 5.97 Å². The first-order valence-corrected chi connectivity index (χ1v) is 13.1. The van der Waals surface area contributed by atoms with Crippen LogP contribution < -0.4 is 5.32 Å². The van der Waals surface area contributed by atoms with E-state index in [0.717, 1.165) is 11.7 Å². The lowest BCUT2D eigenvalue weighted by Crippen LogP contribution is -2.09. The Balaban J connectivity index is 1.88. The molecule has 6 heteroatoms. The van der Waals surface area contributed by atoms with Gasteiger partial charge in [0.2, 0.25) is 5.88 Å². The van der Waals surface area contributed by atoms with E-state index in [0.29, 0.717) is 10.6 Å². The molecular formula is C22H29NO3PS+. The topological polar surface area (TPSA) is 58.6 Å². The molecule has 1 fully saturated rings. The number of carbonyl (C=O) groups excluding carboxylic acids is 1. The van der Waals surface area contributed by atoms with Crippen molar-refractivity contribution in [1.29, 1.82) is 0 Å². The SMILES string of the molecule is COC(=O)c1scc(C)c1NC(O)=C[P+]1(Cc2ccccc2)CCCCCC1. The molecule has 1 aliphatic heterocycles. The van der Waals surface area contributed by atoms with E-state index < -0.39 is 7.26 Å². The lowest BCUT2D eigenvalue weighted by Gasteiger charge is -2.23. The molecule has 2 N–H and O–H groups in total. The number of aliphatic hydroxyl groups excluding tert-OH is 1. The predicted molar refractivity (Wildman–Crippen MR) is 120 cm³/mol. The summed E-state index contributed by atoms with van der Waals surface area (Å²) in [5.41, 5.74) is 2.92. The largest absolute Gasteiger partial charge is 0.492 e. The standard InChI is InChI=1S/C22H28NO3PS/c1-17-16-28-21(22(25)26-2)20(17)23-19(24)15-27(12-8-3-4-9-13-27)14-18-10-6-5-7-11-18/h5-7,10-11,15-16H,3-4,8-9,12-14H2,1-2H3,(H-,23,24,25)/p+1. The fourth-order valence-corrected chi connectivity index (χ4v) is 8.90. The number of rotatable bonds is 6. The molecule has 1 aliphatic rings. The molecule has 4 nitrogen and oxygen atoms in total. The van der Waals surface area contributed by atoms with Gasteiger partial charge in [-0.25, -0.2) is 4.79 Å². The zero-order chi connectivity index (χ0) is 20.0. The fraction of sp³-hybridized carbons (Fsp3) is 0.409. The molecular weight excluding hydrogens is 389 g/mol. The van der Waals surface area contributed by atoms with Gasteiger partial charge in [-0.05, 0) is 49.1 Å². The molecule has 0 unspecified atom stereocenters. The van der Waals surface area contributed by atoms with Gasteiger partial charge in [-0.1, -0.05) is 30.3 Å². The van der Waals surface area contributed by atoms with E-state index in [9.17, 15) is 9.90 Å². The summed E-state index contributed by atoms with van der Waals surface area (Å²) >= 11 is 1.34. The van der Waals surface area contributed by atoms with Crippen molar-refractivity contribution in [3.63, 3.8) is 0 Å². The van der Waals surface area contributed by atoms with Crippen molar-refractivity contribution in [2.45, 2.75) is 38.8 Å². The van der Waals surface area contributed by atoms with Crippen LogP contribution in [0.2, 0.25) is 0 Å². The van der Waals surface area contributed by atoms with E-state index in [1.165, 1.54) is 62.0 Å². The molecule has 0 saturated carbocycles. The number of hydrogen-bond acceptors (Lipinski definition) is 5. The van der Waals surface area contributed by atoms with E-state index in [2.05, 4.69) is 35.4 Å². The molecule has 3 rings (SSSR count). The minimum absolute atomic E-state index is 0.165. The summed E-state index contributed by atoms with van der Waals surface area (Å²) in [6, 6.07) is 10.6. The summed E-state index contributed by atoms with van der Waals surface area (Å²) in [5.74, 6) is 1.89. The molecule has 1 aromatic heterocycles. The van der Waals surface area contributed by atoms with Gasteiger partial charge in [0.15, 0.2) is 0 Å². The van der Waals surface area contributed by atoms with Crippen LogP contribution in [-0.4, -0.2) is 30.5 Å². The monoisotopic (exact) mass is 418 g/mol. The summed E-state index contributed by atoms with van der Waals surface area (Å²) in [6.07, 6.45) is 8.33. The number of anilines is 1. The fourth-order valence-electron chi connectivity index (χ4n) is 3.86. The van der Waals surface area contributed by atoms with E-state index in [1.54, 1.807) is 0 Å². The summed E-state index contributed by atoms with van der Waals surface area (Å²) in [7, 11) is -0.100. The first-order chi connectivity index (χ1) is 13.5. The molecule has 2 heterocycles. The van der Waals surface area contributed by atoms with Crippen molar-refractivity contribution in [3.05, 3.63) is 63.4 Å². The maximum absolute atomic E-state index is 12.0. The number of aryl methyl sites for hydroxylation is 1. The maximum Gasteiger partial charge on any atom is 0.350 e. The van der Waals surface area contributed by atoms with Gasteiger partial charge in [-0.3, -0.25) is 0 Å². The number of esters is 1. The Morgan fingerprint density at radius 3 is 2.54 bits per heavy atom. The molecule has 0 aliphatic carbocycles. The first kappa shape index (κ1) is 20.9. The average molecular weight is 419 g/mol. The third kappa shape index (κ3) is 5.15. The third-order valence-electron chi connectivity index (χ3n) is 5.29. The second-order valence-electron chi connectivity index (χ2n) is 7.48. The summed E-state index contributed by atoms with van der Waals surface area (Å²) in [5, 5.41) is 15.9. The Hall–Kier alpha value is -1.84. The van der Waals surface area contributed by atoms with Crippen LogP contribution in [0.5, 0.6) is 0 Å². The van der Waals surface area contributed by atoms with Crippen LogP contribution in [0.15, 0.2) is 47.4 Å². The van der Waals surface area contributed by atoms with Crippen LogP contribution in [0.1, 0.15) is 46.5 Å². The minimum Gasteiger partial charge on any atom is -0.492 e. The van der Waals surface area contributed by atoms with E-state index >= 15 is 0 Å². The molecule has 0 spiro atoms. The van der Waals surface area contributed by atoms with Gasteiger partial charge in [-0.15, -0.1) is 11.3 Å². The van der Waals surface area contributed by atoms with Crippen LogP contribution in [0, 0.1) is 6.92 Å². The molecule has 2 aromatic rings. The lowest BCUT2D eigenvalue weighted by molar-refractivity contribution is 0.0607. The number of hydrogen-bond donors (Lipinski definition) is 2. The number of aliphatic hydroxyl groups is 1. The third-order valence-corrected chi connectivity index (χ3v) is 10.6. The van der Waals surface area contributed by atoms with Crippen molar-refractivity contribution >= 4 is 30.3 Å². The highest BCUT2D eigenvalue weighted by Crippen LogP contribution is 2.65. The van der Waals surface area contributed by atoms with Gasteiger partial charge in [0.1, 0.15) is 10.7 Å². The van der Waals surface area contributed by atoms with Crippen LogP contribution in [0.25, 0.3) is 0 Å². The molecule has 1 saturated heterocycles. The highest BCUT2D eigenvalue weighted by molar-refractivity contribution is 7.78. The maximum atomic E-state index is 12.0. The number of thiophene rings is 1. The number of carbonyl (C=O) groups is 1. The quantitative estimate of drug-likeness (QED) is 0.324. The minimum atomic E-state index is -1.48. The molecule has 0 amide bonds. The second kappa shape index (κ2) is 9.58. The predicted octanol–water partition coefficient (Wildman–Crippen LogP) is 6.40. The molecule has 0 radical (unpaired) electrons. The molecule has 28 heavy (non-hydrogen) atoms. The molecule has 0 atom stereocenters. The van der Waals surface area contributed by atoms with Gasteiger partial charge in [0.25, 0.3) is 0 Å². The van der Waals surface area contributed by atoms with Gasteiger partial charge in [0.05, 0.1) is 31.3 Å². The van der Waals surface area contributed by atoms with Crippen molar-refractivity contribution in [2.75, 3.05) is 24.8 Å². The van der Waals surface area contributed by atoms with Crippen LogP contribution >= 0.6 is 18.6 Å². The Kier molecular flexibility index (Phi) is 7.14. The van der Waals surface area contributed by atoms with Crippen molar-refractivity contribution in [1.82, 2.24) is 0 Å². The van der Waals surface area contributed by atoms with E-state index in [1.807, 2.05) is 18.4 Å². The Morgan fingerprint density at radius 1 is 1.21 bits per heavy atom. The first-order valence-electron chi connectivity index (χ1n) is 9.78.